The minimum absolute atomic E-state index is 0.0702. The number of aromatic nitrogens is 1. The Hall–Kier alpha value is -2.40. The number of aliphatic hydroxyl groups is 1. The first-order chi connectivity index (χ1) is 13.2. The second kappa shape index (κ2) is 9.51. The minimum Gasteiger partial charge on any atom is -0.396 e. The lowest BCUT2D eigenvalue weighted by atomic mass is 9.92. The van der Waals surface area contributed by atoms with Crippen molar-refractivity contribution in [1.82, 2.24) is 9.88 Å². The SMILES string of the molecule is CN(CCCO)c1ccc(C(=O)N2CCC[C@@H](c3ccccc3)CC2)cn1. The van der Waals surface area contributed by atoms with Crippen molar-refractivity contribution in [3.05, 3.63) is 59.8 Å². The lowest BCUT2D eigenvalue weighted by Crippen LogP contribution is -2.32. The van der Waals surface area contributed by atoms with Crippen molar-refractivity contribution in [3.8, 4) is 0 Å². The number of pyridine rings is 1. The molecule has 0 unspecified atom stereocenters. The molecule has 1 amide bonds. The van der Waals surface area contributed by atoms with Crippen LogP contribution < -0.4 is 4.90 Å². The number of carbonyl (C=O) groups excluding carboxylic acids is 1. The molecule has 1 atom stereocenters. The van der Waals surface area contributed by atoms with E-state index in [9.17, 15) is 4.79 Å². The summed E-state index contributed by atoms with van der Waals surface area (Å²) in [5.41, 5.74) is 2.02. The molecule has 3 rings (SSSR count). The maximum atomic E-state index is 12.9. The number of hydrogen-bond donors (Lipinski definition) is 1. The van der Waals surface area contributed by atoms with Crippen LogP contribution in [-0.4, -0.2) is 54.2 Å². The monoisotopic (exact) mass is 367 g/mol. The first-order valence-corrected chi connectivity index (χ1v) is 9.81. The summed E-state index contributed by atoms with van der Waals surface area (Å²) in [6.45, 7) is 2.50. The van der Waals surface area contributed by atoms with Crippen LogP contribution in [-0.2, 0) is 0 Å². The number of anilines is 1. The molecule has 0 aliphatic carbocycles. The first-order valence-electron chi connectivity index (χ1n) is 9.81. The fourth-order valence-electron chi connectivity index (χ4n) is 3.70. The van der Waals surface area contributed by atoms with Gasteiger partial charge in [-0.2, -0.15) is 0 Å². The topological polar surface area (TPSA) is 56.7 Å². The van der Waals surface area contributed by atoms with E-state index in [0.717, 1.165) is 44.7 Å². The fraction of sp³-hybridized carbons (Fsp3) is 0.455. The van der Waals surface area contributed by atoms with E-state index in [1.807, 2.05) is 35.0 Å². The number of rotatable bonds is 6. The van der Waals surface area contributed by atoms with Gasteiger partial charge in [-0.05, 0) is 49.3 Å². The number of hydrogen-bond acceptors (Lipinski definition) is 4. The van der Waals surface area contributed by atoms with Gasteiger partial charge in [-0.15, -0.1) is 0 Å². The standard InChI is InChI=1S/C22H29N3O2/c1-24(13-6-16-26)21-11-10-20(17-23-21)22(27)25-14-5-9-19(12-15-25)18-7-3-2-4-8-18/h2-4,7-8,10-11,17,19,26H,5-6,9,12-16H2,1H3/t19-/m1/s1. The molecule has 1 fully saturated rings. The van der Waals surface area contributed by atoms with E-state index in [1.165, 1.54) is 5.56 Å². The van der Waals surface area contributed by atoms with Gasteiger partial charge in [0.25, 0.3) is 5.91 Å². The predicted octanol–water partition coefficient (Wildman–Crippen LogP) is 3.31. The lowest BCUT2D eigenvalue weighted by molar-refractivity contribution is 0.0760. The van der Waals surface area contributed by atoms with Crippen molar-refractivity contribution in [2.75, 3.05) is 38.2 Å². The summed E-state index contributed by atoms with van der Waals surface area (Å²) in [7, 11) is 1.94. The molecule has 27 heavy (non-hydrogen) atoms. The minimum atomic E-state index is 0.0702. The molecule has 1 aliphatic heterocycles. The fourth-order valence-corrected chi connectivity index (χ4v) is 3.70. The largest absolute Gasteiger partial charge is 0.396 e. The molecule has 1 saturated heterocycles. The predicted molar refractivity (Wildman–Crippen MR) is 108 cm³/mol. The zero-order chi connectivity index (χ0) is 19.1. The van der Waals surface area contributed by atoms with E-state index < -0.39 is 0 Å². The number of carbonyl (C=O) groups is 1. The van der Waals surface area contributed by atoms with Gasteiger partial charge in [0.15, 0.2) is 0 Å². The molecule has 1 aromatic carbocycles. The molecular formula is C22H29N3O2. The maximum absolute atomic E-state index is 12.9. The van der Waals surface area contributed by atoms with Crippen LogP contribution >= 0.6 is 0 Å². The maximum Gasteiger partial charge on any atom is 0.255 e. The van der Waals surface area contributed by atoms with E-state index in [4.69, 9.17) is 5.11 Å². The average Bonchev–Trinajstić information content (AvgIpc) is 2.98. The van der Waals surface area contributed by atoms with Crippen LogP contribution in [0.2, 0.25) is 0 Å². The summed E-state index contributed by atoms with van der Waals surface area (Å²) in [4.78, 5) is 21.3. The van der Waals surface area contributed by atoms with Crippen molar-refractivity contribution in [1.29, 1.82) is 0 Å². The van der Waals surface area contributed by atoms with Gasteiger partial charge in [-0.25, -0.2) is 4.98 Å². The summed E-state index contributed by atoms with van der Waals surface area (Å²) in [5.74, 6) is 1.42. The third-order valence-corrected chi connectivity index (χ3v) is 5.32. The Bertz CT molecular complexity index is 718. The Kier molecular flexibility index (Phi) is 6.82. The highest BCUT2D eigenvalue weighted by atomic mass is 16.3. The highest BCUT2D eigenvalue weighted by Crippen LogP contribution is 2.28. The quantitative estimate of drug-likeness (QED) is 0.851. The third kappa shape index (κ3) is 5.07. The molecule has 1 aromatic heterocycles. The molecule has 0 radical (unpaired) electrons. The molecular weight excluding hydrogens is 338 g/mol. The van der Waals surface area contributed by atoms with Crippen molar-refractivity contribution in [2.24, 2.45) is 0 Å². The molecule has 2 heterocycles. The van der Waals surface area contributed by atoms with Gasteiger partial charge in [0.1, 0.15) is 5.82 Å². The zero-order valence-corrected chi connectivity index (χ0v) is 16.1. The smallest absolute Gasteiger partial charge is 0.255 e. The first kappa shape index (κ1) is 19.4. The second-order valence-corrected chi connectivity index (χ2v) is 7.23. The molecule has 144 valence electrons. The van der Waals surface area contributed by atoms with Crippen LogP contribution in [0.5, 0.6) is 0 Å². The summed E-state index contributed by atoms with van der Waals surface area (Å²) in [6.07, 6.45) is 5.54. The summed E-state index contributed by atoms with van der Waals surface area (Å²) >= 11 is 0. The van der Waals surface area contributed by atoms with E-state index >= 15 is 0 Å². The summed E-state index contributed by atoms with van der Waals surface area (Å²) in [6, 6.07) is 14.4. The van der Waals surface area contributed by atoms with Gasteiger partial charge in [0.05, 0.1) is 5.56 Å². The third-order valence-electron chi connectivity index (χ3n) is 5.32. The van der Waals surface area contributed by atoms with Gasteiger partial charge in [0.2, 0.25) is 0 Å². The Morgan fingerprint density at radius 1 is 1.19 bits per heavy atom. The van der Waals surface area contributed by atoms with Crippen molar-refractivity contribution in [3.63, 3.8) is 0 Å². The van der Waals surface area contributed by atoms with Crippen molar-refractivity contribution >= 4 is 11.7 Å². The Morgan fingerprint density at radius 2 is 2.00 bits per heavy atom. The van der Waals surface area contributed by atoms with Crippen LogP contribution in [0, 0.1) is 0 Å². The molecule has 0 saturated carbocycles. The van der Waals surface area contributed by atoms with E-state index in [0.29, 0.717) is 17.9 Å². The number of benzene rings is 1. The average molecular weight is 367 g/mol. The van der Waals surface area contributed by atoms with Crippen LogP contribution in [0.3, 0.4) is 0 Å². The van der Waals surface area contributed by atoms with Gasteiger partial charge < -0.3 is 14.9 Å². The normalized spacial score (nSPS) is 17.4. The molecule has 2 aromatic rings. The Morgan fingerprint density at radius 3 is 2.70 bits per heavy atom. The van der Waals surface area contributed by atoms with Crippen molar-refractivity contribution in [2.45, 2.75) is 31.6 Å². The molecule has 1 N–H and O–H groups in total. The van der Waals surface area contributed by atoms with Crippen LogP contribution in [0.25, 0.3) is 0 Å². The summed E-state index contributed by atoms with van der Waals surface area (Å²) in [5, 5.41) is 8.94. The molecule has 0 spiro atoms. The van der Waals surface area contributed by atoms with E-state index in [2.05, 4.69) is 29.2 Å². The van der Waals surface area contributed by atoms with Crippen molar-refractivity contribution < 1.29 is 9.90 Å². The number of amides is 1. The van der Waals surface area contributed by atoms with Gasteiger partial charge in [-0.1, -0.05) is 30.3 Å². The highest BCUT2D eigenvalue weighted by Gasteiger charge is 2.22. The second-order valence-electron chi connectivity index (χ2n) is 7.23. The molecule has 5 heteroatoms. The Labute approximate surface area is 161 Å². The van der Waals surface area contributed by atoms with E-state index in [-0.39, 0.29) is 12.5 Å². The van der Waals surface area contributed by atoms with Gasteiger partial charge in [0, 0.05) is 39.5 Å². The highest BCUT2D eigenvalue weighted by molar-refractivity contribution is 5.94. The Balaban J connectivity index is 1.60. The number of likely N-dealkylation sites (tertiary alicyclic amines) is 1. The van der Waals surface area contributed by atoms with Crippen LogP contribution in [0.1, 0.15) is 47.5 Å². The van der Waals surface area contributed by atoms with Crippen LogP contribution in [0.15, 0.2) is 48.7 Å². The van der Waals surface area contributed by atoms with E-state index in [1.54, 1.807) is 6.20 Å². The van der Waals surface area contributed by atoms with Crippen LogP contribution in [0.4, 0.5) is 5.82 Å². The van der Waals surface area contributed by atoms with Gasteiger partial charge in [-0.3, -0.25) is 4.79 Å². The molecule has 5 nitrogen and oxygen atoms in total. The lowest BCUT2D eigenvalue weighted by Gasteiger charge is -2.22. The number of aliphatic hydroxyl groups excluding tert-OH is 1. The molecule has 1 aliphatic rings. The van der Waals surface area contributed by atoms with Gasteiger partial charge >= 0.3 is 0 Å². The number of nitrogens with zero attached hydrogens (tertiary/aromatic N) is 3. The zero-order valence-electron chi connectivity index (χ0n) is 16.1. The molecule has 0 bridgehead atoms. The summed E-state index contributed by atoms with van der Waals surface area (Å²) < 4.78 is 0.